The molecule has 1 heterocycles. The molecule has 31 heavy (non-hydrogen) atoms. The van der Waals surface area contributed by atoms with Crippen molar-refractivity contribution < 1.29 is 24.4 Å². The zero-order valence-corrected chi connectivity index (χ0v) is 17.8. The fourth-order valence-corrected chi connectivity index (χ4v) is 3.45. The van der Waals surface area contributed by atoms with Crippen molar-refractivity contribution in [2.24, 2.45) is 0 Å². The number of anilines is 1. The van der Waals surface area contributed by atoms with E-state index in [0.29, 0.717) is 28.0 Å². The van der Waals surface area contributed by atoms with E-state index in [4.69, 9.17) is 4.74 Å². The van der Waals surface area contributed by atoms with Crippen LogP contribution in [0.2, 0.25) is 0 Å². The van der Waals surface area contributed by atoms with Crippen molar-refractivity contribution in [3.8, 4) is 0 Å². The van der Waals surface area contributed by atoms with Crippen LogP contribution in [0.3, 0.4) is 0 Å². The maximum absolute atomic E-state index is 13.2. The van der Waals surface area contributed by atoms with Crippen LogP contribution in [0, 0.1) is 10.1 Å². The summed E-state index contributed by atoms with van der Waals surface area (Å²) in [5.41, 5.74) is 1.61. The summed E-state index contributed by atoms with van der Waals surface area (Å²) in [7, 11) is 0. The van der Waals surface area contributed by atoms with Gasteiger partial charge in [0.2, 0.25) is 0 Å². The number of carbonyl (C=O) groups excluding carboxylic acids is 2. The minimum absolute atomic E-state index is 0.0704. The van der Waals surface area contributed by atoms with Gasteiger partial charge >= 0.3 is 6.09 Å². The molecule has 0 aromatic heterocycles. The van der Waals surface area contributed by atoms with Crippen LogP contribution in [0.1, 0.15) is 51.3 Å². The standard InChI is InChI=1S/C23H24N2O6/c1-14(13-19(26)15-9-11-16(12-10-15)25(29)30)20-17-7-5-6-8-18(17)24(21(20)27)22(28)31-23(2,3)4/h5-12,19,26H,13H2,1-4H3/b20-14-/t19-/m0/s1. The minimum Gasteiger partial charge on any atom is -0.443 e. The number of nitrogens with zero attached hydrogens (tertiary/aromatic N) is 2. The van der Waals surface area contributed by atoms with Crippen LogP contribution >= 0.6 is 0 Å². The Morgan fingerprint density at radius 3 is 2.35 bits per heavy atom. The number of benzene rings is 2. The van der Waals surface area contributed by atoms with E-state index >= 15 is 0 Å². The molecule has 0 radical (unpaired) electrons. The van der Waals surface area contributed by atoms with Crippen molar-refractivity contribution in [1.82, 2.24) is 0 Å². The van der Waals surface area contributed by atoms with Crippen LogP contribution < -0.4 is 4.90 Å². The van der Waals surface area contributed by atoms with Gasteiger partial charge in [-0.3, -0.25) is 14.9 Å². The molecule has 1 N–H and O–H groups in total. The topological polar surface area (TPSA) is 110 Å². The highest BCUT2D eigenvalue weighted by Gasteiger charge is 2.40. The molecule has 0 bridgehead atoms. The summed E-state index contributed by atoms with van der Waals surface area (Å²) < 4.78 is 5.40. The number of rotatable bonds is 4. The Kier molecular flexibility index (Phi) is 5.94. The van der Waals surface area contributed by atoms with Crippen molar-refractivity contribution in [1.29, 1.82) is 0 Å². The second-order valence-electron chi connectivity index (χ2n) is 8.36. The van der Waals surface area contributed by atoms with Crippen LogP contribution in [0.15, 0.2) is 54.1 Å². The first-order valence-electron chi connectivity index (χ1n) is 9.78. The Hall–Kier alpha value is -3.52. The molecule has 2 amide bonds. The zero-order valence-electron chi connectivity index (χ0n) is 17.8. The summed E-state index contributed by atoms with van der Waals surface area (Å²) in [5, 5.41) is 21.4. The van der Waals surface area contributed by atoms with E-state index in [1.54, 1.807) is 52.0 Å². The normalized spacial score (nSPS) is 16.0. The van der Waals surface area contributed by atoms with E-state index in [0.717, 1.165) is 4.90 Å². The quantitative estimate of drug-likeness (QED) is 0.430. The second kappa shape index (κ2) is 8.31. The first-order chi connectivity index (χ1) is 14.5. The van der Waals surface area contributed by atoms with Crippen molar-refractivity contribution >= 4 is 28.9 Å². The number of imide groups is 1. The zero-order chi connectivity index (χ0) is 22.9. The molecule has 0 saturated heterocycles. The third kappa shape index (κ3) is 4.64. The summed E-state index contributed by atoms with van der Waals surface area (Å²) >= 11 is 0. The maximum Gasteiger partial charge on any atom is 0.422 e. The summed E-state index contributed by atoms with van der Waals surface area (Å²) in [5.74, 6) is -0.510. The van der Waals surface area contributed by atoms with E-state index in [9.17, 15) is 24.8 Å². The lowest BCUT2D eigenvalue weighted by molar-refractivity contribution is -0.384. The van der Waals surface area contributed by atoms with Crippen LogP contribution in [0.5, 0.6) is 0 Å². The number of aliphatic hydroxyl groups excluding tert-OH is 1. The third-order valence-electron chi connectivity index (χ3n) is 4.82. The highest BCUT2D eigenvalue weighted by atomic mass is 16.6. The lowest BCUT2D eigenvalue weighted by atomic mass is 9.95. The van der Waals surface area contributed by atoms with E-state index < -0.39 is 28.6 Å². The van der Waals surface area contributed by atoms with Gasteiger partial charge in [-0.05, 0) is 57.9 Å². The van der Waals surface area contributed by atoms with Gasteiger partial charge in [-0.25, -0.2) is 9.69 Å². The highest BCUT2D eigenvalue weighted by molar-refractivity contribution is 6.39. The fraction of sp³-hybridized carbons (Fsp3) is 0.304. The number of nitro benzene ring substituents is 1. The van der Waals surface area contributed by atoms with E-state index in [2.05, 4.69) is 0 Å². The van der Waals surface area contributed by atoms with Gasteiger partial charge in [0.25, 0.3) is 11.6 Å². The van der Waals surface area contributed by atoms with Crippen molar-refractivity contribution in [2.45, 2.75) is 45.8 Å². The van der Waals surface area contributed by atoms with Crippen LogP contribution in [0.4, 0.5) is 16.2 Å². The highest BCUT2D eigenvalue weighted by Crippen LogP contribution is 2.40. The second-order valence-corrected chi connectivity index (χ2v) is 8.36. The Bertz CT molecular complexity index is 1070. The molecule has 8 nitrogen and oxygen atoms in total. The first kappa shape index (κ1) is 22.2. The molecule has 0 unspecified atom stereocenters. The molecule has 0 fully saturated rings. The molecule has 2 aromatic rings. The molecular formula is C23H24N2O6. The largest absolute Gasteiger partial charge is 0.443 e. The number of hydrogen-bond donors (Lipinski definition) is 1. The molecular weight excluding hydrogens is 400 g/mol. The molecule has 1 aliphatic rings. The van der Waals surface area contributed by atoms with Gasteiger partial charge in [-0.1, -0.05) is 23.8 Å². The smallest absolute Gasteiger partial charge is 0.422 e. The average Bonchev–Trinajstić information content (AvgIpc) is 2.98. The van der Waals surface area contributed by atoms with Gasteiger partial charge in [0.1, 0.15) is 5.60 Å². The summed E-state index contributed by atoms with van der Waals surface area (Å²) in [6.45, 7) is 6.89. The van der Waals surface area contributed by atoms with Gasteiger partial charge in [0, 0.05) is 23.3 Å². The summed E-state index contributed by atoms with van der Waals surface area (Å²) in [6, 6.07) is 12.5. The number of nitro groups is 1. The molecule has 1 atom stereocenters. The van der Waals surface area contributed by atoms with E-state index in [-0.39, 0.29) is 12.1 Å². The summed E-state index contributed by atoms with van der Waals surface area (Å²) in [6.07, 6.45) is -1.61. The van der Waals surface area contributed by atoms with Gasteiger partial charge in [0.05, 0.1) is 16.7 Å². The molecule has 0 aliphatic carbocycles. The predicted octanol–water partition coefficient (Wildman–Crippen LogP) is 4.77. The number of ether oxygens (including phenoxy) is 1. The molecule has 3 rings (SSSR count). The number of carbonyl (C=O) groups is 2. The van der Waals surface area contributed by atoms with Crippen molar-refractivity contribution in [3.63, 3.8) is 0 Å². The average molecular weight is 424 g/mol. The van der Waals surface area contributed by atoms with Gasteiger partial charge < -0.3 is 9.84 Å². The lowest BCUT2D eigenvalue weighted by Gasteiger charge is -2.23. The molecule has 1 aliphatic heterocycles. The molecule has 8 heteroatoms. The fourth-order valence-electron chi connectivity index (χ4n) is 3.45. The number of hydrogen-bond acceptors (Lipinski definition) is 6. The van der Waals surface area contributed by atoms with Crippen molar-refractivity contribution in [2.75, 3.05) is 4.90 Å². The number of fused-ring (bicyclic) bond motifs is 1. The van der Waals surface area contributed by atoms with E-state index in [1.165, 1.54) is 24.3 Å². The first-order valence-corrected chi connectivity index (χ1v) is 9.78. The minimum atomic E-state index is -0.969. The number of amides is 2. The Labute approximate surface area is 179 Å². The third-order valence-corrected chi connectivity index (χ3v) is 4.82. The Morgan fingerprint density at radius 2 is 1.77 bits per heavy atom. The number of para-hydroxylation sites is 1. The van der Waals surface area contributed by atoms with Crippen LogP contribution in [-0.4, -0.2) is 27.6 Å². The monoisotopic (exact) mass is 424 g/mol. The molecule has 0 spiro atoms. The lowest BCUT2D eigenvalue weighted by Crippen LogP contribution is -2.38. The molecule has 2 aromatic carbocycles. The Morgan fingerprint density at radius 1 is 1.16 bits per heavy atom. The van der Waals surface area contributed by atoms with E-state index in [1.807, 2.05) is 0 Å². The molecule has 162 valence electrons. The summed E-state index contributed by atoms with van der Waals surface area (Å²) in [4.78, 5) is 37.2. The number of non-ortho nitro benzene ring substituents is 1. The predicted molar refractivity (Wildman–Crippen MR) is 115 cm³/mol. The number of aliphatic hydroxyl groups is 1. The Balaban J connectivity index is 1.92. The van der Waals surface area contributed by atoms with Crippen molar-refractivity contribution in [3.05, 3.63) is 75.3 Å². The maximum atomic E-state index is 13.2. The molecule has 0 saturated carbocycles. The van der Waals surface area contributed by atoms with Gasteiger partial charge in [0.15, 0.2) is 0 Å². The van der Waals surface area contributed by atoms with Crippen LogP contribution in [0.25, 0.3) is 5.57 Å². The SMILES string of the molecule is C/C(C[C@H](O)c1ccc([N+](=O)[O-])cc1)=C1/C(=O)N(C(=O)OC(C)(C)C)c2ccccc21. The van der Waals surface area contributed by atoms with Gasteiger partial charge in [-0.2, -0.15) is 0 Å². The van der Waals surface area contributed by atoms with Gasteiger partial charge in [-0.15, -0.1) is 0 Å². The van der Waals surface area contributed by atoms with Crippen LogP contribution in [-0.2, 0) is 9.53 Å².